The van der Waals surface area contributed by atoms with Gasteiger partial charge in [-0.1, -0.05) is 19.4 Å². The van der Waals surface area contributed by atoms with E-state index in [0.29, 0.717) is 24.3 Å². The van der Waals surface area contributed by atoms with Gasteiger partial charge in [0.25, 0.3) is 0 Å². The van der Waals surface area contributed by atoms with Crippen LogP contribution in [0.1, 0.15) is 54.9 Å². The number of rotatable bonds is 4. The van der Waals surface area contributed by atoms with Gasteiger partial charge in [-0.05, 0) is 56.2 Å². The second kappa shape index (κ2) is 6.18. The Morgan fingerprint density at radius 2 is 1.86 bits per heavy atom. The van der Waals surface area contributed by atoms with E-state index in [1.165, 1.54) is 12.1 Å². The van der Waals surface area contributed by atoms with Crippen LogP contribution in [0.25, 0.3) is 0 Å². The largest absolute Gasteiger partial charge is 0.478 e. The number of carboxylic acids is 1. The minimum absolute atomic E-state index is 0.0291. The van der Waals surface area contributed by atoms with Gasteiger partial charge >= 0.3 is 5.97 Å². The lowest BCUT2D eigenvalue weighted by molar-refractivity contribution is 0.0696. The van der Waals surface area contributed by atoms with E-state index in [2.05, 4.69) is 6.92 Å². The molecule has 2 rings (SSSR count). The fourth-order valence-corrected chi connectivity index (χ4v) is 5.13. The van der Waals surface area contributed by atoms with E-state index in [4.69, 9.17) is 5.11 Å². The third kappa shape index (κ3) is 3.28. The second-order valence-corrected chi connectivity index (χ2v) is 8.08. The predicted molar refractivity (Wildman–Crippen MR) is 81.4 cm³/mol. The predicted octanol–water partition coefficient (Wildman–Crippen LogP) is 3.44. The van der Waals surface area contributed by atoms with Gasteiger partial charge in [-0.25, -0.2) is 13.2 Å². The SMILES string of the molecule is CCC1CCC(S(=O)(=O)c2cc(C(=O)O)ccc2C)CC1. The van der Waals surface area contributed by atoms with E-state index in [1.807, 2.05) is 0 Å². The Morgan fingerprint density at radius 1 is 1.24 bits per heavy atom. The van der Waals surface area contributed by atoms with Crippen LogP contribution in [0.5, 0.6) is 0 Å². The number of sulfone groups is 1. The second-order valence-electron chi connectivity index (χ2n) is 5.88. The highest BCUT2D eigenvalue weighted by Crippen LogP contribution is 2.34. The number of aromatic carboxylic acids is 1. The molecule has 1 aromatic rings. The number of hydrogen-bond acceptors (Lipinski definition) is 3. The summed E-state index contributed by atoms with van der Waals surface area (Å²) in [6.07, 6.45) is 4.34. The van der Waals surface area contributed by atoms with E-state index in [1.54, 1.807) is 13.0 Å². The van der Waals surface area contributed by atoms with Crippen LogP contribution in [0.15, 0.2) is 23.1 Å². The van der Waals surface area contributed by atoms with Crippen LogP contribution in [0.2, 0.25) is 0 Å². The highest BCUT2D eigenvalue weighted by Gasteiger charge is 2.32. The maximum absolute atomic E-state index is 12.8. The van der Waals surface area contributed by atoms with Crippen LogP contribution >= 0.6 is 0 Å². The zero-order valence-electron chi connectivity index (χ0n) is 12.5. The number of carboxylic acid groups (broad SMARTS) is 1. The highest BCUT2D eigenvalue weighted by molar-refractivity contribution is 7.92. The zero-order valence-corrected chi connectivity index (χ0v) is 13.3. The van der Waals surface area contributed by atoms with Crippen molar-refractivity contribution in [3.63, 3.8) is 0 Å². The molecule has 0 unspecified atom stereocenters. The quantitative estimate of drug-likeness (QED) is 0.924. The summed E-state index contributed by atoms with van der Waals surface area (Å²) in [6, 6.07) is 4.33. The first-order chi connectivity index (χ1) is 9.86. The van der Waals surface area contributed by atoms with Crippen molar-refractivity contribution in [1.82, 2.24) is 0 Å². The molecule has 0 aromatic heterocycles. The minimum Gasteiger partial charge on any atom is -0.478 e. The molecule has 1 saturated carbocycles. The molecule has 4 nitrogen and oxygen atoms in total. The lowest BCUT2D eigenvalue weighted by Crippen LogP contribution is -2.27. The lowest BCUT2D eigenvalue weighted by atomic mass is 9.87. The van der Waals surface area contributed by atoms with Gasteiger partial charge in [0, 0.05) is 0 Å². The Kier molecular flexibility index (Phi) is 4.71. The van der Waals surface area contributed by atoms with Gasteiger partial charge in [0.05, 0.1) is 15.7 Å². The van der Waals surface area contributed by atoms with Gasteiger partial charge in [0.1, 0.15) is 0 Å². The van der Waals surface area contributed by atoms with Crippen LogP contribution in [0.3, 0.4) is 0 Å². The molecule has 1 N–H and O–H groups in total. The third-order valence-corrected chi connectivity index (χ3v) is 6.95. The van der Waals surface area contributed by atoms with E-state index >= 15 is 0 Å². The molecule has 0 bridgehead atoms. The highest BCUT2D eigenvalue weighted by atomic mass is 32.2. The van der Waals surface area contributed by atoms with Gasteiger partial charge in [-0.15, -0.1) is 0 Å². The van der Waals surface area contributed by atoms with Gasteiger partial charge < -0.3 is 5.11 Å². The fourth-order valence-electron chi connectivity index (χ4n) is 3.07. The maximum Gasteiger partial charge on any atom is 0.335 e. The van der Waals surface area contributed by atoms with E-state index in [9.17, 15) is 13.2 Å². The van der Waals surface area contributed by atoms with E-state index in [-0.39, 0.29) is 15.7 Å². The van der Waals surface area contributed by atoms with Crippen LogP contribution < -0.4 is 0 Å². The normalized spacial score (nSPS) is 23.0. The Labute approximate surface area is 126 Å². The molecule has 21 heavy (non-hydrogen) atoms. The van der Waals surface area contributed by atoms with Crippen LogP contribution in [-0.4, -0.2) is 24.7 Å². The molecule has 1 aliphatic rings. The molecule has 0 spiro atoms. The molecule has 0 aliphatic heterocycles. The lowest BCUT2D eigenvalue weighted by Gasteiger charge is -2.28. The first-order valence-corrected chi connectivity index (χ1v) is 8.98. The van der Waals surface area contributed by atoms with Crippen LogP contribution in [0.4, 0.5) is 0 Å². The zero-order chi connectivity index (χ0) is 15.6. The van der Waals surface area contributed by atoms with Crippen molar-refractivity contribution < 1.29 is 18.3 Å². The molecule has 0 saturated heterocycles. The molecule has 5 heteroatoms. The van der Waals surface area contributed by atoms with Crippen molar-refractivity contribution in [2.24, 2.45) is 5.92 Å². The van der Waals surface area contributed by atoms with Gasteiger partial charge in [0.15, 0.2) is 9.84 Å². The number of benzene rings is 1. The fraction of sp³-hybridized carbons (Fsp3) is 0.562. The Hall–Kier alpha value is -1.36. The molecule has 116 valence electrons. The van der Waals surface area contributed by atoms with Gasteiger partial charge in [-0.3, -0.25) is 0 Å². The molecule has 0 amide bonds. The van der Waals surface area contributed by atoms with Gasteiger partial charge in [-0.2, -0.15) is 0 Å². The van der Waals surface area contributed by atoms with Crippen molar-refractivity contribution in [2.45, 2.75) is 56.1 Å². The van der Waals surface area contributed by atoms with Crippen LogP contribution in [-0.2, 0) is 9.84 Å². The molecule has 0 atom stereocenters. The van der Waals surface area contributed by atoms with Crippen molar-refractivity contribution >= 4 is 15.8 Å². The standard InChI is InChI=1S/C16H22O4S/c1-3-12-5-8-14(9-6-12)21(19,20)15-10-13(16(17)18)7-4-11(15)2/h4,7,10,12,14H,3,5-6,8-9H2,1-2H3,(H,17,18). The Bertz CT molecular complexity index is 626. The van der Waals surface area contributed by atoms with E-state index < -0.39 is 15.8 Å². The molecule has 1 aromatic carbocycles. The molecule has 1 aliphatic carbocycles. The molecular formula is C16H22O4S. The van der Waals surface area contributed by atoms with Gasteiger partial charge in [0.2, 0.25) is 0 Å². The third-order valence-electron chi connectivity index (χ3n) is 4.55. The summed E-state index contributed by atoms with van der Waals surface area (Å²) >= 11 is 0. The monoisotopic (exact) mass is 310 g/mol. The summed E-state index contributed by atoms with van der Waals surface area (Å²) in [6.45, 7) is 3.86. The number of hydrogen-bond donors (Lipinski definition) is 1. The molecular weight excluding hydrogens is 288 g/mol. The number of aryl methyl sites for hydroxylation is 1. The Balaban J connectivity index is 2.32. The maximum atomic E-state index is 12.8. The molecule has 0 heterocycles. The molecule has 1 fully saturated rings. The summed E-state index contributed by atoms with van der Waals surface area (Å²) in [7, 11) is -3.44. The topological polar surface area (TPSA) is 71.4 Å². The summed E-state index contributed by atoms with van der Waals surface area (Å²) < 4.78 is 25.6. The first kappa shape index (κ1) is 16.0. The average molecular weight is 310 g/mol. The number of carbonyl (C=O) groups is 1. The summed E-state index contributed by atoms with van der Waals surface area (Å²) in [5, 5.41) is 8.68. The van der Waals surface area contributed by atoms with E-state index in [0.717, 1.165) is 19.3 Å². The van der Waals surface area contributed by atoms with Crippen LogP contribution in [0, 0.1) is 12.8 Å². The summed E-state index contributed by atoms with van der Waals surface area (Å²) in [4.78, 5) is 11.2. The molecule has 0 radical (unpaired) electrons. The van der Waals surface area contributed by atoms with Crippen molar-refractivity contribution in [3.8, 4) is 0 Å². The summed E-state index contributed by atoms with van der Waals surface area (Å²) in [5.74, 6) is -0.468. The smallest absolute Gasteiger partial charge is 0.335 e. The van der Waals surface area contributed by atoms with Crippen molar-refractivity contribution in [1.29, 1.82) is 0 Å². The van der Waals surface area contributed by atoms with Crippen molar-refractivity contribution in [2.75, 3.05) is 0 Å². The average Bonchev–Trinajstić information content (AvgIpc) is 2.47. The van der Waals surface area contributed by atoms with Crippen molar-refractivity contribution in [3.05, 3.63) is 29.3 Å². The Morgan fingerprint density at radius 3 is 2.38 bits per heavy atom. The first-order valence-electron chi connectivity index (χ1n) is 7.44. The minimum atomic E-state index is -3.44. The summed E-state index contributed by atoms with van der Waals surface area (Å²) in [5.41, 5.74) is 0.652.